The van der Waals surface area contributed by atoms with Gasteiger partial charge in [-0.05, 0) is 18.9 Å². The maximum absolute atomic E-state index is 12.3. The number of benzene rings is 1. The topological polar surface area (TPSA) is 83.6 Å². The summed E-state index contributed by atoms with van der Waals surface area (Å²) in [5.74, 6) is 0.304. The Morgan fingerprint density at radius 1 is 1.37 bits per heavy atom. The smallest absolute Gasteiger partial charge is 0.228 e. The fourth-order valence-corrected chi connectivity index (χ4v) is 1.99. The minimum absolute atomic E-state index is 0.0222. The number of hydrogen-bond donors (Lipinski definition) is 2. The number of carbonyl (C=O) groups excluding carboxylic acids is 1. The zero-order valence-corrected chi connectivity index (χ0v) is 11.0. The van der Waals surface area contributed by atoms with Gasteiger partial charge in [-0.25, -0.2) is 0 Å². The second-order valence-electron chi connectivity index (χ2n) is 4.37. The van der Waals surface area contributed by atoms with Gasteiger partial charge in [0.15, 0.2) is 5.82 Å². The van der Waals surface area contributed by atoms with E-state index < -0.39 is 0 Å². The molecular weight excluding hydrogens is 242 g/mol. The number of aromatic amines is 1. The number of hydrogen-bond acceptors (Lipinski definition) is 4. The van der Waals surface area contributed by atoms with Crippen LogP contribution in [0.15, 0.2) is 30.3 Å². The van der Waals surface area contributed by atoms with Crippen molar-refractivity contribution in [2.24, 2.45) is 0 Å². The highest BCUT2D eigenvalue weighted by atomic mass is 16.1. The SMILES string of the molecule is CCC(C(=O)NC(C)c1nn[nH]n1)c1ccccc1. The van der Waals surface area contributed by atoms with Gasteiger partial charge in [0.05, 0.1) is 12.0 Å². The Morgan fingerprint density at radius 3 is 2.68 bits per heavy atom. The van der Waals surface area contributed by atoms with Gasteiger partial charge < -0.3 is 5.32 Å². The van der Waals surface area contributed by atoms with Crippen LogP contribution in [0.5, 0.6) is 0 Å². The molecule has 0 aliphatic carbocycles. The molecule has 0 saturated heterocycles. The van der Waals surface area contributed by atoms with Crippen molar-refractivity contribution in [3.8, 4) is 0 Å². The molecule has 100 valence electrons. The minimum atomic E-state index is -0.260. The van der Waals surface area contributed by atoms with Crippen molar-refractivity contribution in [3.63, 3.8) is 0 Å². The molecule has 2 unspecified atom stereocenters. The van der Waals surface area contributed by atoms with Crippen molar-refractivity contribution >= 4 is 5.91 Å². The monoisotopic (exact) mass is 259 g/mol. The first kappa shape index (κ1) is 13.2. The van der Waals surface area contributed by atoms with Crippen molar-refractivity contribution in [2.75, 3.05) is 0 Å². The van der Waals surface area contributed by atoms with Gasteiger partial charge in [0, 0.05) is 0 Å². The Hall–Kier alpha value is -2.24. The van der Waals surface area contributed by atoms with Gasteiger partial charge in [-0.15, -0.1) is 10.2 Å². The molecule has 2 N–H and O–H groups in total. The normalized spacial score (nSPS) is 13.8. The second-order valence-corrected chi connectivity index (χ2v) is 4.37. The lowest BCUT2D eigenvalue weighted by atomic mass is 9.95. The summed E-state index contributed by atoms with van der Waals surface area (Å²) >= 11 is 0. The predicted octanol–water partition coefficient (Wildman–Crippen LogP) is 1.57. The molecule has 2 rings (SSSR count). The Bertz CT molecular complexity index is 511. The van der Waals surface area contributed by atoms with Crippen LogP contribution in [-0.4, -0.2) is 26.5 Å². The highest BCUT2D eigenvalue weighted by molar-refractivity contribution is 5.83. The number of nitrogens with zero attached hydrogens (tertiary/aromatic N) is 3. The molecule has 6 heteroatoms. The fraction of sp³-hybridized carbons (Fsp3) is 0.385. The summed E-state index contributed by atoms with van der Waals surface area (Å²) < 4.78 is 0. The number of amides is 1. The zero-order chi connectivity index (χ0) is 13.7. The third kappa shape index (κ3) is 3.15. The van der Waals surface area contributed by atoms with Crippen LogP contribution in [0, 0.1) is 0 Å². The van der Waals surface area contributed by atoms with Crippen LogP contribution in [0.1, 0.15) is 43.6 Å². The summed E-state index contributed by atoms with van der Waals surface area (Å²) in [6.07, 6.45) is 0.745. The van der Waals surface area contributed by atoms with Crippen molar-refractivity contribution in [3.05, 3.63) is 41.7 Å². The van der Waals surface area contributed by atoms with Crippen LogP contribution in [0.3, 0.4) is 0 Å². The predicted molar refractivity (Wildman–Crippen MR) is 70.2 cm³/mol. The quantitative estimate of drug-likeness (QED) is 0.853. The molecule has 1 amide bonds. The maximum atomic E-state index is 12.3. The van der Waals surface area contributed by atoms with Crippen molar-refractivity contribution < 1.29 is 4.79 Å². The molecule has 19 heavy (non-hydrogen) atoms. The minimum Gasteiger partial charge on any atom is -0.346 e. The van der Waals surface area contributed by atoms with Crippen LogP contribution < -0.4 is 5.32 Å². The third-order valence-electron chi connectivity index (χ3n) is 3.03. The van der Waals surface area contributed by atoms with Gasteiger partial charge >= 0.3 is 0 Å². The standard InChI is InChI=1S/C13H17N5O/c1-3-11(10-7-5-4-6-8-10)13(19)14-9(2)12-15-17-18-16-12/h4-9,11H,3H2,1-2H3,(H,14,19)(H,15,16,17,18). The lowest BCUT2D eigenvalue weighted by molar-refractivity contribution is -0.123. The second kappa shape index (κ2) is 6.08. The Morgan fingerprint density at radius 2 is 2.11 bits per heavy atom. The number of carbonyl (C=O) groups is 1. The summed E-state index contributed by atoms with van der Waals surface area (Å²) in [7, 11) is 0. The van der Waals surface area contributed by atoms with Gasteiger partial charge in [0.2, 0.25) is 5.91 Å². The Kier molecular flexibility index (Phi) is 4.22. The first-order chi connectivity index (χ1) is 9.22. The number of rotatable bonds is 5. The van der Waals surface area contributed by atoms with Gasteiger partial charge in [-0.3, -0.25) is 4.79 Å². The molecule has 0 fully saturated rings. The lowest BCUT2D eigenvalue weighted by Gasteiger charge is -2.17. The van der Waals surface area contributed by atoms with Gasteiger partial charge in [-0.2, -0.15) is 5.21 Å². The Labute approximate surface area is 111 Å². The van der Waals surface area contributed by atoms with Crippen LogP contribution in [-0.2, 0) is 4.79 Å². The molecule has 0 radical (unpaired) electrons. The maximum Gasteiger partial charge on any atom is 0.228 e. The summed E-state index contributed by atoms with van der Waals surface area (Å²) in [6, 6.07) is 9.49. The van der Waals surface area contributed by atoms with E-state index in [9.17, 15) is 4.79 Å². The lowest BCUT2D eigenvalue weighted by Crippen LogP contribution is -2.32. The third-order valence-corrected chi connectivity index (χ3v) is 3.03. The van der Waals surface area contributed by atoms with E-state index in [4.69, 9.17) is 0 Å². The average Bonchev–Trinajstić information content (AvgIpc) is 2.94. The largest absolute Gasteiger partial charge is 0.346 e. The molecule has 1 aromatic heterocycles. The molecular formula is C13H17N5O. The average molecular weight is 259 g/mol. The van der Waals surface area contributed by atoms with E-state index in [0.717, 1.165) is 12.0 Å². The number of H-pyrrole nitrogens is 1. The summed E-state index contributed by atoms with van der Waals surface area (Å²) in [4.78, 5) is 12.3. The summed E-state index contributed by atoms with van der Waals surface area (Å²) in [5, 5.41) is 16.5. The van der Waals surface area contributed by atoms with Crippen LogP contribution in [0.2, 0.25) is 0 Å². The highest BCUT2D eigenvalue weighted by Crippen LogP contribution is 2.20. The van der Waals surface area contributed by atoms with E-state index in [1.54, 1.807) is 0 Å². The molecule has 1 aromatic carbocycles. The van der Waals surface area contributed by atoms with Crippen molar-refractivity contribution in [1.29, 1.82) is 0 Å². The highest BCUT2D eigenvalue weighted by Gasteiger charge is 2.21. The first-order valence-corrected chi connectivity index (χ1v) is 6.31. The van der Waals surface area contributed by atoms with Crippen molar-refractivity contribution in [1.82, 2.24) is 25.9 Å². The molecule has 0 bridgehead atoms. The molecule has 0 aliphatic rings. The molecule has 6 nitrogen and oxygen atoms in total. The zero-order valence-electron chi connectivity index (χ0n) is 11.0. The van der Waals surface area contributed by atoms with Crippen LogP contribution in [0.4, 0.5) is 0 Å². The number of tetrazole rings is 1. The summed E-state index contributed by atoms with van der Waals surface area (Å²) in [6.45, 7) is 3.83. The molecule has 2 atom stereocenters. The van der Waals surface area contributed by atoms with E-state index in [-0.39, 0.29) is 17.9 Å². The molecule has 1 heterocycles. The van der Waals surface area contributed by atoms with Gasteiger partial charge in [-0.1, -0.05) is 42.5 Å². The van der Waals surface area contributed by atoms with E-state index >= 15 is 0 Å². The van der Waals surface area contributed by atoms with E-state index in [1.165, 1.54) is 0 Å². The van der Waals surface area contributed by atoms with Crippen LogP contribution in [0.25, 0.3) is 0 Å². The Balaban J connectivity index is 2.06. The molecule has 0 spiro atoms. The number of nitrogens with one attached hydrogen (secondary N) is 2. The van der Waals surface area contributed by atoms with E-state index in [0.29, 0.717) is 5.82 Å². The van der Waals surface area contributed by atoms with Crippen LogP contribution >= 0.6 is 0 Å². The first-order valence-electron chi connectivity index (χ1n) is 6.31. The van der Waals surface area contributed by atoms with Crippen molar-refractivity contribution in [2.45, 2.75) is 32.2 Å². The summed E-state index contributed by atoms with van der Waals surface area (Å²) in [5.41, 5.74) is 1.02. The van der Waals surface area contributed by atoms with Gasteiger partial charge in [0.25, 0.3) is 0 Å². The van der Waals surface area contributed by atoms with E-state index in [1.807, 2.05) is 44.2 Å². The number of aromatic nitrogens is 4. The van der Waals surface area contributed by atoms with Gasteiger partial charge in [0.1, 0.15) is 0 Å². The fourth-order valence-electron chi connectivity index (χ4n) is 1.99. The molecule has 0 aliphatic heterocycles. The molecule has 0 saturated carbocycles. The molecule has 2 aromatic rings. The van der Waals surface area contributed by atoms with E-state index in [2.05, 4.69) is 25.9 Å².